The summed E-state index contributed by atoms with van der Waals surface area (Å²) in [5.74, 6) is 0. The van der Waals surface area contributed by atoms with Crippen molar-refractivity contribution in [3.05, 3.63) is 58.9 Å². The summed E-state index contributed by atoms with van der Waals surface area (Å²) in [5.41, 5.74) is 2.51. The standard InChI is InChI=1S/C13H15ClN2/c1-10(12-2-4-13(14)5-3-12)16-9-11-6-7-15-8-11/h2-8,10,15-16H,9H2,1H3/t10-/m1/s1. The lowest BCUT2D eigenvalue weighted by Crippen LogP contribution is -2.17. The first kappa shape index (κ1) is 11.2. The van der Waals surface area contributed by atoms with Gasteiger partial charge in [0.15, 0.2) is 0 Å². The average molecular weight is 235 g/mol. The number of hydrogen-bond donors (Lipinski definition) is 2. The number of H-pyrrole nitrogens is 1. The van der Waals surface area contributed by atoms with Gasteiger partial charge >= 0.3 is 0 Å². The van der Waals surface area contributed by atoms with Crippen LogP contribution in [-0.4, -0.2) is 4.98 Å². The van der Waals surface area contributed by atoms with Gasteiger partial charge < -0.3 is 10.3 Å². The molecule has 0 aliphatic rings. The fourth-order valence-electron chi connectivity index (χ4n) is 1.61. The van der Waals surface area contributed by atoms with Crippen molar-refractivity contribution in [3.8, 4) is 0 Å². The molecule has 0 fully saturated rings. The summed E-state index contributed by atoms with van der Waals surface area (Å²) in [7, 11) is 0. The van der Waals surface area contributed by atoms with Crippen LogP contribution in [-0.2, 0) is 6.54 Å². The number of benzene rings is 1. The van der Waals surface area contributed by atoms with E-state index in [0.29, 0.717) is 6.04 Å². The first-order chi connectivity index (χ1) is 7.75. The molecule has 1 heterocycles. The van der Waals surface area contributed by atoms with Gasteiger partial charge in [-0.3, -0.25) is 0 Å². The Morgan fingerprint density at radius 1 is 1.25 bits per heavy atom. The van der Waals surface area contributed by atoms with E-state index in [1.165, 1.54) is 11.1 Å². The lowest BCUT2D eigenvalue weighted by atomic mass is 10.1. The van der Waals surface area contributed by atoms with Crippen molar-refractivity contribution in [3.63, 3.8) is 0 Å². The van der Waals surface area contributed by atoms with E-state index in [-0.39, 0.29) is 0 Å². The van der Waals surface area contributed by atoms with Gasteiger partial charge in [0.25, 0.3) is 0 Å². The molecule has 0 saturated heterocycles. The Kier molecular flexibility index (Phi) is 3.65. The molecular weight excluding hydrogens is 220 g/mol. The molecule has 2 nitrogen and oxygen atoms in total. The van der Waals surface area contributed by atoms with Crippen LogP contribution in [0.1, 0.15) is 24.1 Å². The molecule has 2 aromatic rings. The van der Waals surface area contributed by atoms with E-state index in [4.69, 9.17) is 11.6 Å². The zero-order chi connectivity index (χ0) is 11.4. The van der Waals surface area contributed by atoms with Crippen molar-refractivity contribution in [2.75, 3.05) is 0 Å². The Balaban J connectivity index is 1.93. The molecule has 0 bridgehead atoms. The van der Waals surface area contributed by atoms with Crippen LogP contribution in [0.5, 0.6) is 0 Å². The van der Waals surface area contributed by atoms with Crippen LogP contribution < -0.4 is 5.32 Å². The van der Waals surface area contributed by atoms with E-state index >= 15 is 0 Å². The SMILES string of the molecule is C[C@@H](NCc1cc[nH]c1)c1ccc(Cl)cc1. The van der Waals surface area contributed by atoms with E-state index in [1.54, 1.807) is 0 Å². The van der Waals surface area contributed by atoms with Gasteiger partial charge in [-0.05, 0) is 36.2 Å². The van der Waals surface area contributed by atoms with Crippen molar-refractivity contribution < 1.29 is 0 Å². The van der Waals surface area contributed by atoms with Gasteiger partial charge in [-0.2, -0.15) is 0 Å². The first-order valence-corrected chi connectivity index (χ1v) is 5.74. The largest absolute Gasteiger partial charge is 0.367 e. The second-order valence-electron chi connectivity index (χ2n) is 3.87. The van der Waals surface area contributed by atoms with Gasteiger partial charge in [-0.25, -0.2) is 0 Å². The molecule has 2 N–H and O–H groups in total. The Morgan fingerprint density at radius 3 is 2.62 bits per heavy atom. The highest BCUT2D eigenvalue weighted by molar-refractivity contribution is 6.30. The van der Waals surface area contributed by atoms with Crippen LogP contribution in [0.2, 0.25) is 5.02 Å². The van der Waals surface area contributed by atoms with Gasteiger partial charge in [0.05, 0.1) is 0 Å². The maximum atomic E-state index is 5.85. The Bertz CT molecular complexity index is 420. The maximum Gasteiger partial charge on any atom is 0.0406 e. The maximum absolute atomic E-state index is 5.85. The van der Waals surface area contributed by atoms with Gasteiger partial charge in [0, 0.05) is 30.0 Å². The molecule has 0 saturated carbocycles. The quantitative estimate of drug-likeness (QED) is 0.833. The second kappa shape index (κ2) is 5.19. The van der Waals surface area contributed by atoms with Gasteiger partial charge in [0.1, 0.15) is 0 Å². The summed E-state index contributed by atoms with van der Waals surface area (Å²) < 4.78 is 0. The van der Waals surface area contributed by atoms with Crippen molar-refractivity contribution >= 4 is 11.6 Å². The summed E-state index contributed by atoms with van der Waals surface area (Å²) in [4.78, 5) is 3.04. The molecule has 1 atom stereocenters. The summed E-state index contributed by atoms with van der Waals surface area (Å²) in [6.45, 7) is 3.02. The number of halogens is 1. The number of aromatic amines is 1. The minimum Gasteiger partial charge on any atom is -0.367 e. The highest BCUT2D eigenvalue weighted by Crippen LogP contribution is 2.16. The lowest BCUT2D eigenvalue weighted by molar-refractivity contribution is 0.575. The van der Waals surface area contributed by atoms with Crippen molar-refractivity contribution in [1.29, 1.82) is 0 Å². The second-order valence-corrected chi connectivity index (χ2v) is 4.31. The van der Waals surface area contributed by atoms with E-state index in [0.717, 1.165) is 11.6 Å². The van der Waals surface area contributed by atoms with Crippen LogP contribution >= 0.6 is 11.6 Å². The van der Waals surface area contributed by atoms with Crippen molar-refractivity contribution in [2.24, 2.45) is 0 Å². The van der Waals surface area contributed by atoms with Crippen LogP contribution in [0.3, 0.4) is 0 Å². The third-order valence-electron chi connectivity index (χ3n) is 2.64. The van der Waals surface area contributed by atoms with E-state index in [9.17, 15) is 0 Å². The fourth-order valence-corrected chi connectivity index (χ4v) is 1.73. The van der Waals surface area contributed by atoms with Gasteiger partial charge in [-0.1, -0.05) is 23.7 Å². The highest BCUT2D eigenvalue weighted by atomic mass is 35.5. The van der Waals surface area contributed by atoms with Gasteiger partial charge in [-0.15, -0.1) is 0 Å². The number of aromatic nitrogens is 1. The smallest absolute Gasteiger partial charge is 0.0406 e. The summed E-state index contributed by atoms with van der Waals surface area (Å²) >= 11 is 5.85. The summed E-state index contributed by atoms with van der Waals surface area (Å²) in [6, 6.07) is 10.3. The molecule has 1 aromatic carbocycles. The minimum absolute atomic E-state index is 0.326. The van der Waals surface area contributed by atoms with E-state index in [1.807, 2.05) is 24.5 Å². The molecule has 0 aliphatic heterocycles. The average Bonchev–Trinajstić information content (AvgIpc) is 2.80. The fraction of sp³-hybridized carbons (Fsp3) is 0.231. The lowest BCUT2D eigenvalue weighted by Gasteiger charge is -2.13. The molecule has 16 heavy (non-hydrogen) atoms. The highest BCUT2D eigenvalue weighted by Gasteiger charge is 2.04. The molecule has 3 heteroatoms. The molecule has 0 unspecified atom stereocenters. The summed E-state index contributed by atoms with van der Waals surface area (Å²) in [5, 5.41) is 4.24. The third kappa shape index (κ3) is 2.87. The zero-order valence-electron chi connectivity index (χ0n) is 9.20. The molecular formula is C13H15ClN2. The predicted molar refractivity (Wildman–Crippen MR) is 67.5 cm³/mol. The molecule has 0 aliphatic carbocycles. The van der Waals surface area contributed by atoms with Gasteiger partial charge in [0.2, 0.25) is 0 Å². The molecule has 84 valence electrons. The monoisotopic (exact) mass is 234 g/mol. The van der Waals surface area contributed by atoms with Crippen molar-refractivity contribution in [2.45, 2.75) is 19.5 Å². The Labute approximate surface area is 101 Å². The van der Waals surface area contributed by atoms with Crippen molar-refractivity contribution in [1.82, 2.24) is 10.3 Å². The van der Waals surface area contributed by atoms with Crippen LogP contribution in [0, 0.1) is 0 Å². The number of nitrogens with one attached hydrogen (secondary N) is 2. The molecule has 0 spiro atoms. The third-order valence-corrected chi connectivity index (χ3v) is 2.90. The van der Waals surface area contributed by atoms with E-state index < -0.39 is 0 Å². The molecule has 1 aromatic heterocycles. The molecule has 0 radical (unpaired) electrons. The Morgan fingerprint density at radius 2 is 2.00 bits per heavy atom. The number of hydrogen-bond acceptors (Lipinski definition) is 1. The molecule has 0 amide bonds. The van der Waals surface area contributed by atoms with Crippen LogP contribution in [0.25, 0.3) is 0 Å². The van der Waals surface area contributed by atoms with Crippen LogP contribution in [0.4, 0.5) is 0 Å². The normalized spacial score (nSPS) is 12.6. The molecule has 2 rings (SSSR count). The topological polar surface area (TPSA) is 27.8 Å². The minimum atomic E-state index is 0.326. The zero-order valence-corrected chi connectivity index (χ0v) is 9.96. The van der Waals surface area contributed by atoms with E-state index in [2.05, 4.69) is 35.4 Å². The Hall–Kier alpha value is -1.25. The first-order valence-electron chi connectivity index (χ1n) is 5.36. The van der Waals surface area contributed by atoms with Crippen LogP contribution in [0.15, 0.2) is 42.7 Å². The predicted octanol–water partition coefficient (Wildman–Crippen LogP) is 3.52. The number of rotatable bonds is 4. The summed E-state index contributed by atoms with van der Waals surface area (Å²) in [6.07, 6.45) is 3.94.